The van der Waals surface area contributed by atoms with Crippen LogP contribution >= 0.6 is 11.6 Å². The van der Waals surface area contributed by atoms with Gasteiger partial charge in [-0.25, -0.2) is 0 Å². The van der Waals surface area contributed by atoms with Crippen LogP contribution in [0.25, 0.3) is 0 Å². The van der Waals surface area contributed by atoms with E-state index in [0.29, 0.717) is 16.3 Å². The number of rotatable bonds is 4. The van der Waals surface area contributed by atoms with Crippen LogP contribution < -0.4 is 10.6 Å². The molecule has 104 valence electrons. The Morgan fingerprint density at radius 3 is 2.80 bits per heavy atom. The van der Waals surface area contributed by atoms with Gasteiger partial charge in [0.15, 0.2) is 0 Å². The van der Waals surface area contributed by atoms with Gasteiger partial charge in [0.05, 0.1) is 22.0 Å². The van der Waals surface area contributed by atoms with Crippen LogP contribution in [0.4, 0.5) is 11.4 Å². The zero-order valence-electron chi connectivity index (χ0n) is 11.4. The molecule has 0 atom stereocenters. The highest BCUT2D eigenvalue weighted by atomic mass is 35.5. The van der Waals surface area contributed by atoms with Crippen molar-refractivity contribution in [3.63, 3.8) is 0 Å². The van der Waals surface area contributed by atoms with E-state index in [0.717, 1.165) is 17.8 Å². The lowest BCUT2D eigenvalue weighted by atomic mass is 10.2. The zero-order valence-corrected chi connectivity index (χ0v) is 12.2. The monoisotopic (exact) mass is 289 g/mol. The average Bonchev–Trinajstić information content (AvgIpc) is 2.43. The van der Waals surface area contributed by atoms with Crippen LogP contribution in [0.2, 0.25) is 5.02 Å². The first-order chi connectivity index (χ1) is 9.61. The van der Waals surface area contributed by atoms with Gasteiger partial charge in [-0.05, 0) is 37.6 Å². The molecule has 4 nitrogen and oxygen atoms in total. The molecule has 1 aromatic heterocycles. The molecule has 0 fully saturated rings. The number of nitrogens with zero attached hydrogens (tertiary/aromatic N) is 1. The Balaban J connectivity index is 2.24. The maximum absolute atomic E-state index is 12.3. The summed E-state index contributed by atoms with van der Waals surface area (Å²) in [5, 5.41) is 6.45. The van der Waals surface area contributed by atoms with Gasteiger partial charge in [-0.15, -0.1) is 0 Å². The first-order valence-corrected chi connectivity index (χ1v) is 6.75. The summed E-state index contributed by atoms with van der Waals surface area (Å²) in [7, 11) is 0. The summed E-state index contributed by atoms with van der Waals surface area (Å²) in [4.78, 5) is 16.3. The second-order valence-electron chi connectivity index (χ2n) is 4.39. The van der Waals surface area contributed by atoms with Crippen LogP contribution in [0.5, 0.6) is 0 Å². The molecule has 2 rings (SSSR count). The molecule has 5 heteroatoms. The van der Waals surface area contributed by atoms with Gasteiger partial charge < -0.3 is 10.6 Å². The Morgan fingerprint density at radius 1 is 1.30 bits per heavy atom. The number of carbonyl (C=O) groups is 1. The van der Waals surface area contributed by atoms with Gasteiger partial charge in [0, 0.05) is 18.9 Å². The first-order valence-electron chi connectivity index (χ1n) is 6.37. The highest BCUT2D eigenvalue weighted by molar-refractivity contribution is 6.34. The molecule has 0 aliphatic heterocycles. The van der Waals surface area contributed by atoms with E-state index in [-0.39, 0.29) is 5.91 Å². The van der Waals surface area contributed by atoms with Crippen molar-refractivity contribution in [1.29, 1.82) is 0 Å². The minimum atomic E-state index is -0.236. The number of benzene rings is 1. The Bertz CT molecular complexity index is 628. The molecule has 0 unspecified atom stereocenters. The Hall–Kier alpha value is -2.07. The molecule has 0 saturated heterocycles. The number of anilines is 2. The summed E-state index contributed by atoms with van der Waals surface area (Å²) in [6.45, 7) is 4.65. The lowest BCUT2D eigenvalue weighted by Gasteiger charge is -2.11. The molecule has 0 spiro atoms. The zero-order chi connectivity index (χ0) is 14.5. The number of carbonyl (C=O) groups excluding carboxylic acids is 1. The fraction of sp³-hybridized carbons (Fsp3) is 0.200. The number of nitrogens with one attached hydrogen (secondary N) is 2. The number of hydrogen-bond acceptors (Lipinski definition) is 3. The molecule has 1 heterocycles. The van der Waals surface area contributed by atoms with Gasteiger partial charge >= 0.3 is 0 Å². The van der Waals surface area contributed by atoms with Crippen molar-refractivity contribution < 1.29 is 4.79 Å². The number of pyridine rings is 1. The highest BCUT2D eigenvalue weighted by Gasteiger charge is 2.12. The molecular weight excluding hydrogens is 274 g/mol. The van der Waals surface area contributed by atoms with Crippen LogP contribution in [0.15, 0.2) is 36.7 Å². The molecule has 20 heavy (non-hydrogen) atoms. The molecule has 0 aliphatic rings. The molecule has 2 aromatic rings. The standard InChI is InChI=1S/C15H16ClN3O/c1-3-18-13-6-7-17-9-11(13)15(20)19-14-5-4-10(2)8-12(14)16/h4-9H,3H2,1-2H3,(H,17,18)(H,19,20). The van der Waals surface area contributed by atoms with Gasteiger partial charge in [0.1, 0.15) is 0 Å². The second-order valence-corrected chi connectivity index (χ2v) is 4.80. The fourth-order valence-electron chi connectivity index (χ4n) is 1.83. The average molecular weight is 290 g/mol. The third kappa shape index (κ3) is 3.27. The van der Waals surface area contributed by atoms with E-state index in [2.05, 4.69) is 15.6 Å². The third-order valence-electron chi connectivity index (χ3n) is 2.81. The van der Waals surface area contributed by atoms with E-state index >= 15 is 0 Å². The molecule has 0 radical (unpaired) electrons. The van der Waals surface area contributed by atoms with E-state index in [1.54, 1.807) is 18.3 Å². The second kappa shape index (κ2) is 6.39. The van der Waals surface area contributed by atoms with Crippen molar-refractivity contribution in [2.24, 2.45) is 0 Å². The molecule has 0 bridgehead atoms. The summed E-state index contributed by atoms with van der Waals surface area (Å²) in [5.74, 6) is -0.236. The van der Waals surface area contributed by atoms with Gasteiger partial charge in [-0.3, -0.25) is 9.78 Å². The van der Waals surface area contributed by atoms with Crippen LogP contribution in [-0.2, 0) is 0 Å². The third-order valence-corrected chi connectivity index (χ3v) is 3.12. The van der Waals surface area contributed by atoms with Crippen molar-refractivity contribution >= 4 is 28.9 Å². The van der Waals surface area contributed by atoms with Crippen molar-refractivity contribution in [2.75, 3.05) is 17.2 Å². The van der Waals surface area contributed by atoms with Crippen LogP contribution in [-0.4, -0.2) is 17.4 Å². The van der Waals surface area contributed by atoms with Crippen LogP contribution in [0.3, 0.4) is 0 Å². The van der Waals surface area contributed by atoms with Gasteiger partial charge in [0.2, 0.25) is 0 Å². The molecule has 1 amide bonds. The van der Waals surface area contributed by atoms with E-state index in [4.69, 9.17) is 11.6 Å². The van der Waals surface area contributed by atoms with Crippen LogP contribution in [0.1, 0.15) is 22.8 Å². The number of amides is 1. The van der Waals surface area contributed by atoms with Gasteiger partial charge in [0.25, 0.3) is 5.91 Å². The van der Waals surface area contributed by atoms with Crippen molar-refractivity contribution in [2.45, 2.75) is 13.8 Å². The quantitative estimate of drug-likeness (QED) is 0.902. The summed E-state index contributed by atoms with van der Waals surface area (Å²) >= 11 is 6.12. The molecule has 1 aromatic carbocycles. The number of halogens is 1. The number of aryl methyl sites for hydroxylation is 1. The minimum absolute atomic E-state index is 0.236. The Labute approximate surface area is 123 Å². The first kappa shape index (κ1) is 14.3. The molecule has 0 aliphatic carbocycles. The predicted octanol–water partition coefficient (Wildman–Crippen LogP) is 3.73. The topological polar surface area (TPSA) is 54.0 Å². The van der Waals surface area contributed by atoms with Gasteiger partial charge in [-0.1, -0.05) is 17.7 Å². The molecule has 2 N–H and O–H groups in total. The van der Waals surface area contributed by atoms with Crippen molar-refractivity contribution in [1.82, 2.24) is 4.98 Å². The summed E-state index contributed by atoms with van der Waals surface area (Å²) < 4.78 is 0. The summed E-state index contributed by atoms with van der Waals surface area (Å²) in [6, 6.07) is 7.27. The van der Waals surface area contributed by atoms with Crippen molar-refractivity contribution in [3.8, 4) is 0 Å². The maximum atomic E-state index is 12.3. The summed E-state index contributed by atoms with van der Waals surface area (Å²) in [5.41, 5.74) is 2.88. The van der Waals surface area contributed by atoms with Crippen LogP contribution in [0, 0.1) is 6.92 Å². The molecular formula is C15H16ClN3O. The SMILES string of the molecule is CCNc1ccncc1C(=O)Nc1ccc(C)cc1Cl. The normalized spacial score (nSPS) is 10.2. The predicted molar refractivity (Wildman–Crippen MR) is 82.5 cm³/mol. The fourth-order valence-corrected chi connectivity index (χ4v) is 2.11. The largest absolute Gasteiger partial charge is 0.385 e. The lowest BCUT2D eigenvalue weighted by Crippen LogP contribution is -2.15. The Morgan fingerprint density at radius 2 is 2.10 bits per heavy atom. The smallest absolute Gasteiger partial charge is 0.259 e. The van der Waals surface area contributed by atoms with E-state index < -0.39 is 0 Å². The number of hydrogen-bond donors (Lipinski definition) is 2. The maximum Gasteiger partial charge on any atom is 0.259 e. The van der Waals surface area contributed by atoms with Gasteiger partial charge in [-0.2, -0.15) is 0 Å². The van der Waals surface area contributed by atoms with Crippen molar-refractivity contribution in [3.05, 3.63) is 52.8 Å². The van der Waals surface area contributed by atoms with E-state index in [1.165, 1.54) is 6.20 Å². The van der Waals surface area contributed by atoms with E-state index in [1.807, 2.05) is 26.0 Å². The lowest BCUT2D eigenvalue weighted by molar-refractivity contribution is 0.102. The highest BCUT2D eigenvalue weighted by Crippen LogP contribution is 2.24. The minimum Gasteiger partial charge on any atom is -0.385 e. The van der Waals surface area contributed by atoms with E-state index in [9.17, 15) is 4.79 Å². The number of aromatic nitrogens is 1. The summed E-state index contributed by atoms with van der Waals surface area (Å²) in [6.07, 6.45) is 3.18. The molecule has 0 saturated carbocycles. The Kier molecular flexibility index (Phi) is 4.58.